The molecule has 0 unspecified atom stereocenters. The Kier molecular flexibility index (Phi) is 4.17. The number of anilines is 2. The van der Waals surface area contributed by atoms with Crippen LogP contribution in [0.1, 0.15) is 34.7 Å². The molecular weight excluding hydrogens is 423 g/mol. The third-order valence-corrected chi connectivity index (χ3v) is 6.50. The first-order valence-electron chi connectivity index (χ1n) is 10.7. The second-order valence-electron chi connectivity index (χ2n) is 8.54. The largest absolute Gasteiger partial charge is 0.492 e. The summed E-state index contributed by atoms with van der Waals surface area (Å²) < 4.78 is 19.7. The molecule has 2 aliphatic rings. The number of nitrogens with one attached hydrogen (secondary N) is 3. The van der Waals surface area contributed by atoms with Gasteiger partial charge in [0, 0.05) is 29.4 Å². The SMILES string of the molecule is COc1c(F)cccc1Nc1c(-c2ccnc3cnc(C)nc23)[nH]c2c1C(=O)NCC21CC1. The van der Waals surface area contributed by atoms with Crippen molar-refractivity contribution in [2.75, 3.05) is 19.0 Å². The Balaban J connectivity index is 1.63. The third-order valence-electron chi connectivity index (χ3n) is 6.50. The quantitative estimate of drug-likeness (QED) is 0.440. The van der Waals surface area contributed by atoms with E-state index in [2.05, 4.69) is 30.6 Å². The molecule has 1 aliphatic heterocycles. The van der Waals surface area contributed by atoms with Gasteiger partial charge in [-0.2, -0.15) is 0 Å². The lowest BCUT2D eigenvalue weighted by atomic mass is 9.93. The van der Waals surface area contributed by atoms with Crippen LogP contribution in [-0.4, -0.2) is 39.5 Å². The monoisotopic (exact) mass is 444 g/mol. The van der Waals surface area contributed by atoms with E-state index < -0.39 is 5.82 Å². The highest BCUT2D eigenvalue weighted by molar-refractivity contribution is 6.08. The van der Waals surface area contributed by atoms with Crippen LogP contribution in [0.25, 0.3) is 22.3 Å². The molecule has 4 aromatic rings. The van der Waals surface area contributed by atoms with Crippen LogP contribution in [0.5, 0.6) is 5.75 Å². The number of fused-ring (bicyclic) bond motifs is 3. The minimum atomic E-state index is -0.491. The van der Waals surface area contributed by atoms with E-state index in [1.807, 2.05) is 13.0 Å². The first kappa shape index (κ1) is 19.7. The van der Waals surface area contributed by atoms with Crippen molar-refractivity contribution in [2.45, 2.75) is 25.2 Å². The summed E-state index contributed by atoms with van der Waals surface area (Å²) in [6.45, 7) is 2.42. The summed E-state index contributed by atoms with van der Waals surface area (Å²) >= 11 is 0. The number of aromatic amines is 1. The van der Waals surface area contributed by atoms with Crippen molar-refractivity contribution in [1.29, 1.82) is 0 Å². The number of halogens is 1. The predicted molar refractivity (Wildman–Crippen MR) is 121 cm³/mol. The van der Waals surface area contributed by atoms with E-state index in [-0.39, 0.29) is 17.1 Å². The van der Waals surface area contributed by atoms with Gasteiger partial charge in [0.15, 0.2) is 11.6 Å². The maximum atomic E-state index is 14.4. The number of hydrogen-bond acceptors (Lipinski definition) is 6. The minimum absolute atomic E-state index is 0.0773. The first-order valence-corrected chi connectivity index (χ1v) is 10.7. The second-order valence-corrected chi connectivity index (χ2v) is 8.54. The maximum absolute atomic E-state index is 14.4. The van der Waals surface area contributed by atoms with E-state index in [0.717, 1.165) is 24.1 Å². The van der Waals surface area contributed by atoms with Crippen molar-refractivity contribution >= 4 is 28.3 Å². The van der Waals surface area contributed by atoms with Gasteiger partial charge in [-0.1, -0.05) is 6.07 Å². The van der Waals surface area contributed by atoms with Crippen molar-refractivity contribution in [1.82, 2.24) is 25.3 Å². The Morgan fingerprint density at radius 3 is 2.85 bits per heavy atom. The molecule has 1 aromatic carbocycles. The average molecular weight is 444 g/mol. The van der Waals surface area contributed by atoms with Crippen LogP contribution in [0.2, 0.25) is 0 Å². The summed E-state index contributed by atoms with van der Waals surface area (Å²) in [6, 6.07) is 6.51. The molecule has 9 heteroatoms. The molecule has 0 bridgehead atoms. The minimum Gasteiger partial charge on any atom is -0.492 e. The normalized spacial score (nSPS) is 15.9. The fraction of sp³-hybridized carbons (Fsp3) is 0.250. The van der Waals surface area contributed by atoms with Crippen LogP contribution >= 0.6 is 0 Å². The van der Waals surface area contributed by atoms with Crippen LogP contribution in [0.3, 0.4) is 0 Å². The Hall–Kier alpha value is -4.01. The van der Waals surface area contributed by atoms with Crippen molar-refractivity contribution in [3.63, 3.8) is 0 Å². The summed E-state index contributed by atoms with van der Waals surface area (Å²) in [7, 11) is 1.42. The molecule has 1 saturated carbocycles. The van der Waals surface area contributed by atoms with E-state index in [1.165, 1.54) is 13.2 Å². The molecule has 166 valence electrons. The van der Waals surface area contributed by atoms with Crippen molar-refractivity contribution < 1.29 is 13.9 Å². The Morgan fingerprint density at radius 2 is 2.06 bits per heavy atom. The van der Waals surface area contributed by atoms with Gasteiger partial charge < -0.3 is 20.4 Å². The standard InChI is InChI=1S/C24H21FN6O2/c1-12-27-10-16-18(29-12)13(6-9-26-16)19-20(30-15-5-3-4-14(25)21(15)33-2)17-22(31-19)24(7-8-24)11-28-23(17)32/h3-6,9-10,30-31H,7-8,11H2,1-2H3,(H,28,32). The number of pyridine rings is 1. The van der Waals surface area contributed by atoms with Gasteiger partial charge in [-0.3, -0.25) is 9.78 Å². The molecule has 3 N–H and O–H groups in total. The van der Waals surface area contributed by atoms with E-state index in [9.17, 15) is 9.18 Å². The van der Waals surface area contributed by atoms with Crippen molar-refractivity contribution in [3.05, 3.63) is 59.6 Å². The fourth-order valence-corrected chi connectivity index (χ4v) is 4.63. The van der Waals surface area contributed by atoms with Crippen LogP contribution in [0.15, 0.2) is 36.7 Å². The number of para-hydroxylation sites is 1. The highest BCUT2D eigenvalue weighted by Gasteiger charge is 2.51. The lowest BCUT2D eigenvalue weighted by Gasteiger charge is -2.23. The molecule has 6 rings (SSSR count). The molecule has 0 radical (unpaired) electrons. The van der Waals surface area contributed by atoms with Crippen LogP contribution in [-0.2, 0) is 5.41 Å². The second kappa shape index (κ2) is 6.99. The average Bonchev–Trinajstić information content (AvgIpc) is 3.49. The number of benzene rings is 1. The number of hydrogen-bond donors (Lipinski definition) is 3. The Bertz CT molecular complexity index is 1440. The Morgan fingerprint density at radius 1 is 1.21 bits per heavy atom. The summed E-state index contributed by atoms with van der Waals surface area (Å²) in [4.78, 5) is 29.9. The summed E-state index contributed by atoms with van der Waals surface area (Å²) in [5.74, 6) is 0.0284. The van der Waals surface area contributed by atoms with Gasteiger partial charge in [0.25, 0.3) is 5.91 Å². The van der Waals surface area contributed by atoms with E-state index >= 15 is 0 Å². The summed E-state index contributed by atoms with van der Waals surface area (Å²) in [6.07, 6.45) is 5.35. The number of carbonyl (C=O) groups excluding carboxylic acids is 1. The molecule has 0 atom stereocenters. The highest BCUT2D eigenvalue weighted by atomic mass is 19.1. The van der Waals surface area contributed by atoms with Crippen LogP contribution in [0, 0.1) is 12.7 Å². The lowest BCUT2D eigenvalue weighted by Crippen LogP contribution is -2.39. The molecule has 1 aliphatic carbocycles. The smallest absolute Gasteiger partial charge is 0.255 e. The molecule has 4 heterocycles. The maximum Gasteiger partial charge on any atom is 0.255 e. The number of rotatable bonds is 4. The lowest BCUT2D eigenvalue weighted by molar-refractivity contribution is 0.0938. The molecule has 8 nitrogen and oxygen atoms in total. The van der Waals surface area contributed by atoms with Gasteiger partial charge in [-0.25, -0.2) is 14.4 Å². The molecule has 33 heavy (non-hydrogen) atoms. The number of methoxy groups -OCH3 is 1. The topological polar surface area (TPSA) is 105 Å². The molecule has 1 amide bonds. The molecule has 1 fully saturated rings. The van der Waals surface area contributed by atoms with Gasteiger partial charge in [-0.15, -0.1) is 0 Å². The fourth-order valence-electron chi connectivity index (χ4n) is 4.63. The van der Waals surface area contributed by atoms with Crippen molar-refractivity contribution in [3.8, 4) is 17.0 Å². The number of carbonyl (C=O) groups is 1. The highest BCUT2D eigenvalue weighted by Crippen LogP contribution is 2.53. The summed E-state index contributed by atoms with van der Waals surface area (Å²) in [5, 5.41) is 6.32. The van der Waals surface area contributed by atoms with Gasteiger partial charge in [0.2, 0.25) is 0 Å². The van der Waals surface area contributed by atoms with Gasteiger partial charge in [0.1, 0.15) is 16.9 Å². The van der Waals surface area contributed by atoms with E-state index in [0.29, 0.717) is 46.0 Å². The van der Waals surface area contributed by atoms with Gasteiger partial charge in [0.05, 0.1) is 35.9 Å². The van der Waals surface area contributed by atoms with Crippen molar-refractivity contribution in [2.24, 2.45) is 0 Å². The van der Waals surface area contributed by atoms with Crippen LogP contribution in [0.4, 0.5) is 15.8 Å². The molecule has 0 saturated heterocycles. The van der Waals surface area contributed by atoms with Gasteiger partial charge in [-0.05, 0) is 38.0 Å². The zero-order valence-corrected chi connectivity index (χ0v) is 18.1. The number of ether oxygens (including phenoxy) is 1. The third kappa shape index (κ3) is 2.95. The van der Waals surface area contributed by atoms with E-state index in [1.54, 1.807) is 24.5 Å². The summed E-state index contributed by atoms with van der Waals surface area (Å²) in [5.41, 5.74) is 5.10. The Labute approximate surface area is 188 Å². The molecule has 3 aromatic heterocycles. The van der Waals surface area contributed by atoms with E-state index in [4.69, 9.17) is 4.74 Å². The molecule has 1 spiro atoms. The number of H-pyrrole nitrogens is 1. The zero-order chi connectivity index (χ0) is 22.7. The zero-order valence-electron chi connectivity index (χ0n) is 18.1. The number of nitrogens with zero attached hydrogens (tertiary/aromatic N) is 3. The number of aromatic nitrogens is 4. The number of aryl methyl sites for hydroxylation is 1. The van der Waals surface area contributed by atoms with Crippen LogP contribution < -0.4 is 15.4 Å². The van der Waals surface area contributed by atoms with Gasteiger partial charge >= 0.3 is 0 Å². The predicted octanol–water partition coefficient (Wildman–Crippen LogP) is 3.99. The first-order chi connectivity index (χ1) is 16.0. The number of amides is 1. The molecular formula is C24H21FN6O2.